The second-order valence-corrected chi connectivity index (χ2v) is 3.33. The van der Waals surface area contributed by atoms with Gasteiger partial charge in [-0.3, -0.25) is 0 Å². The first-order chi connectivity index (χ1) is 6.69. The monoisotopic (exact) mass is 203 g/mol. The van der Waals surface area contributed by atoms with E-state index in [1.54, 1.807) is 0 Å². The van der Waals surface area contributed by atoms with Gasteiger partial charge in [0, 0.05) is 25.3 Å². The van der Waals surface area contributed by atoms with Crippen LogP contribution >= 0.6 is 12.6 Å². The van der Waals surface area contributed by atoms with Gasteiger partial charge < -0.3 is 4.90 Å². The Morgan fingerprint density at radius 2 is 2.14 bits per heavy atom. The highest BCUT2D eigenvalue weighted by molar-refractivity contribution is 7.85. The fourth-order valence-corrected chi connectivity index (χ4v) is 1.40. The number of hydrogen-bond acceptors (Lipinski definition) is 2. The van der Waals surface area contributed by atoms with Crippen molar-refractivity contribution in [1.29, 1.82) is 0 Å². The van der Waals surface area contributed by atoms with Crippen molar-refractivity contribution in [3.05, 3.63) is 35.9 Å². The summed E-state index contributed by atoms with van der Waals surface area (Å²) in [4.78, 5) is 2.05. The Morgan fingerprint density at radius 1 is 1.43 bits per heavy atom. The predicted octanol–water partition coefficient (Wildman–Crippen LogP) is 2.63. The van der Waals surface area contributed by atoms with E-state index in [1.165, 1.54) is 0 Å². The van der Waals surface area contributed by atoms with Crippen molar-refractivity contribution in [3.63, 3.8) is 0 Å². The molecule has 0 bridgehead atoms. The topological polar surface area (TPSA) is 3.24 Å². The predicted molar refractivity (Wildman–Crippen MR) is 66.7 cm³/mol. The molecule has 1 aromatic rings. The minimum absolute atomic E-state index is 0.959. The maximum Gasteiger partial charge on any atom is 0.0435 e. The molecule has 0 spiro atoms. The SMILES string of the molecule is C=Cc1cc(C#CS)ccc1N(C)C. The molecule has 0 unspecified atom stereocenters. The number of benzene rings is 1. The van der Waals surface area contributed by atoms with Gasteiger partial charge in [-0.1, -0.05) is 31.2 Å². The van der Waals surface area contributed by atoms with Crippen molar-refractivity contribution in [2.75, 3.05) is 19.0 Å². The minimum atomic E-state index is 0.959. The normalized spacial score (nSPS) is 8.79. The molecule has 0 aliphatic carbocycles. The van der Waals surface area contributed by atoms with Crippen molar-refractivity contribution in [2.45, 2.75) is 0 Å². The summed E-state index contributed by atoms with van der Waals surface area (Å²) in [5.74, 6) is 2.90. The van der Waals surface area contributed by atoms with Crippen LogP contribution in [0.2, 0.25) is 0 Å². The van der Waals surface area contributed by atoms with E-state index in [2.05, 4.69) is 35.3 Å². The van der Waals surface area contributed by atoms with Crippen molar-refractivity contribution >= 4 is 24.4 Å². The molecule has 0 N–H and O–H groups in total. The molecule has 1 rings (SSSR count). The molecule has 2 heteroatoms. The Labute approximate surface area is 90.8 Å². The highest BCUT2D eigenvalue weighted by Crippen LogP contribution is 2.20. The summed E-state index contributed by atoms with van der Waals surface area (Å²) >= 11 is 3.86. The molecule has 0 radical (unpaired) electrons. The molecule has 1 nitrogen and oxygen atoms in total. The second kappa shape index (κ2) is 4.78. The maximum atomic E-state index is 3.86. The van der Waals surface area contributed by atoms with Gasteiger partial charge in [0.15, 0.2) is 0 Å². The Hall–Kier alpha value is -1.33. The van der Waals surface area contributed by atoms with E-state index in [9.17, 15) is 0 Å². The summed E-state index contributed by atoms with van der Waals surface area (Å²) in [5, 5.41) is 2.58. The van der Waals surface area contributed by atoms with Crippen LogP contribution in [0.5, 0.6) is 0 Å². The van der Waals surface area contributed by atoms with Crippen molar-refractivity contribution in [2.24, 2.45) is 0 Å². The van der Waals surface area contributed by atoms with Gasteiger partial charge in [0.2, 0.25) is 0 Å². The van der Waals surface area contributed by atoms with Crippen LogP contribution in [0, 0.1) is 11.2 Å². The molecule has 0 fully saturated rings. The number of thiol groups is 1. The lowest BCUT2D eigenvalue weighted by atomic mass is 10.1. The van der Waals surface area contributed by atoms with Gasteiger partial charge in [-0.2, -0.15) is 0 Å². The van der Waals surface area contributed by atoms with Gasteiger partial charge in [0.25, 0.3) is 0 Å². The van der Waals surface area contributed by atoms with Crippen molar-refractivity contribution in [3.8, 4) is 11.2 Å². The van der Waals surface area contributed by atoms with E-state index >= 15 is 0 Å². The molecule has 0 saturated heterocycles. The van der Waals surface area contributed by atoms with Gasteiger partial charge in [-0.15, -0.1) is 0 Å². The third-order valence-electron chi connectivity index (χ3n) is 1.93. The van der Waals surface area contributed by atoms with Gasteiger partial charge in [0.1, 0.15) is 0 Å². The Bertz CT molecular complexity index is 397. The lowest BCUT2D eigenvalue weighted by molar-refractivity contribution is 1.13. The van der Waals surface area contributed by atoms with E-state index in [1.807, 2.05) is 38.4 Å². The summed E-state index contributed by atoms with van der Waals surface area (Å²) in [6, 6.07) is 6.02. The van der Waals surface area contributed by atoms with E-state index < -0.39 is 0 Å². The van der Waals surface area contributed by atoms with Crippen molar-refractivity contribution in [1.82, 2.24) is 0 Å². The molecule has 0 aliphatic rings. The molecule has 0 aliphatic heterocycles. The largest absolute Gasteiger partial charge is 0.377 e. The summed E-state index contributed by atoms with van der Waals surface area (Å²) in [7, 11) is 4.01. The van der Waals surface area contributed by atoms with Crippen LogP contribution < -0.4 is 4.90 Å². The van der Waals surface area contributed by atoms with Crippen LogP contribution in [0.3, 0.4) is 0 Å². The van der Waals surface area contributed by atoms with E-state index in [4.69, 9.17) is 0 Å². The fraction of sp³-hybridized carbons (Fsp3) is 0.167. The zero-order chi connectivity index (χ0) is 10.6. The molecular weight excluding hydrogens is 190 g/mol. The molecule has 72 valence electrons. The number of anilines is 1. The van der Waals surface area contributed by atoms with Crippen molar-refractivity contribution < 1.29 is 0 Å². The maximum absolute atomic E-state index is 3.86. The van der Waals surface area contributed by atoms with Gasteiger partial charge in [-0.25, -0.2) is 0 Å². The zero-order valence-electron chi connectivity index (χ0n) is 8.41. The Balaban J connectivity index is 3.22. The first-order valence-electron chi connectivity index (χ1n) is 4.28. The van der Waals surface area contributed by atoms with Gasteiger partial charge in [-0.05, 0) is 29.0 Å². The van der Waals surface area contributed by atoms with Crippen LogP contribution in [0.4, 0.5) is 5.69 Å². The standard InChI is InChI=1S/C12H13NS/c1-4-11-9-10(7-8-14)5-6-12(11)13(2)3/h4-6,9,14H,1H2,2-3H3. The quantitative estimate of drug-likeness (QED) is 0.571. The van der Waals surface area contributed by atoms with Crippen LogP contribution in [0.1, 0.15) is 11.1 Å². The molecule has 1 aromatic carbocycles. The average Bonchev–Trinajstić information content (AvgIpc) is 2.17. The van der Waals surface area contributed by atoms with Gasteiger partial charge >= 0.3 is 0 Å². The third-order valence-corrected chi connectivity index (χ3v) is 2.04. The zero-order valence-corrected chi connectivity index (χ0v) is 9.31. The lowest BCUT2D eigenvalue weighted by Gasteiger charge is -2.15. The first kappa shape index (κ1) is 10.7. The van der Waals surface area contributed by atoms with E-state index in [0.717, 1.165) is 16.8 Å². The summed E-state index contributed by atoms with van der Waals surface area (Å²) in [5.41, 5.74) is 3.19. The van der Waals surface area contributed by atoms with Crippen LogP contribution in [-0.2, 0) is 0 Å². The molecule has 0 saturated carbocycles. The Morgan fingerprint density at radius 3 is 2.64 bits per heavy atom. The second-order valence-electron chi connectivity index (χ2n) is 3.11. The molecule has 0 aromatic heterocycles. The van der Waals surface area contributed by atoms with Crippen LogP contribution in [0.15, 0.2) is 24.8 Å². The summed E-state index contributed by atoms with van der Waals surface area (Å²) in [6.07, 6.45) is 1.83. The minimum Gasteiger partial charge on any atom is -0.377 e. The third kappa shape index (κ3) is 2.34. The highest BCUT2D eigenvalue weighted by Gasteiger charge is 2.01. The fourth-order valence-electron chi connectivity index (χ4n) is 1.27. The molecule has 14 heavy (non-hydrogen) atoms. The molecular formula is C12H13NS. The van der Waals surface area contributed by atoms with Crippen LogP contribution in [0.25, 0.3) is 6.08 Å². The summed E-state index contributed by atoms with van der Waals surface area (Å²) < 4.78 is 0. The number of hydrogen-bond donors (Lipinski definition) is 1. The average molecular weight is 203 g/mol. The molecule has 0 atom stereocenters. The summed E-state index contributed by atoms with van der Waals surface area (Å²) in [6.45, 7) is 3.78. The molecule has 0 amide bonds. The van der Waals surface area contributed by atoms with E-state index in [0.29, 0.717) is 0 Å². The van der Waals surface area contributed by atoms with Gasteiger partial charge in [0.05, 0.1) is 0 Å². The molecule has 0 heterocycles. The Kier molecular flexibility index (Phi) is 3.67. The first-order valence-corrected chi connectivity index (χ1v) is 4.72. The number of rotatable bonds is 2. The smallest absolute Gasteiger partial charge is 0.0435 e. The highest BCUT2D eigenvalue weighted by atomic mass is 32.1. The lowest BCUT2D eigenvalue weighted by Crippen LogP contribution is -2.10. The number of nitrogens with zero attached hydrogens (tertiary/aromatic N) is 1. The van der Waals surface area contributed by atoms with Crippen LogP contribution in [-0.4, -0.2) is 14.1 Å². The van der Waals surface area contributed by atoms with E-state index in [-0.39, 0.29) is 0 Å².